The monoisotopic (exact) mass is 275 g/mol. The van der Waals surface area contributed by atoms with E-state index in [9.17, 15) is 9.59 Å². The van der Waals surface area contributed by atoms with Crippen LogP contribution in [-0.2, 0) is 9.59 Å². The average molecular weight is 275 g/mol. The number of hydrogen-bond acceptors (Lipinski definition) is 3. The molecule has 1 aromatic carbocycles. The summed E-state index contributed by atoms with van der Waals surface area (Å²) in [5.41, 5.74) is 3.94. The highest BCUT2D eigenvalue weighted by Crippen LogP contribution is 2.30. The van der Waals surface area contributed by atoms with Gasteiger partial charge in [0.2, 0.25) is 11.8 Å². The standard InChI is InChI=1S/C15H21N3O2/c1-4-5-16-14(19)8-13-15(20)18-12-7-10(3)9(2)6-11(12)17-13/h6-7,13,17H,4-5,8H2,1-3H3,(H,16,19)(H,18,20). The van der Waals surface area contributed by atoms with Crippen molar-refractivity contribution in [2.75, 3.05) is 17.2 Å². The lowest BCUT2D eigenvalue weighted by Gasteiger charge is -2.27. The number of rotatable bonds is 4. The van der Waals surface area contributed by atoms with Gasteiger partial charge in [-0.2, -0.15) is 0 Å². The number of aryl methyl sites for hydroxylation is 2. The minimum atomic E-state index is -0.513. The second-order valence-corrected chi connectivity index (χ2v) is 5.22. The minimum Gasteiger partial charge on any atom is -0.372 e. The van der Waals surface area contributed by atoms with E-state index in [1.165, 1.54) is 0 Å². The Morgan fingerprint density at radius 1 is 1.25 bits per heavy atom. The maximum atomic E-state index is 12.0. The van der Waals surface area contributed by atoms with Crippen molar-refractivity contribution in [3.8, 4) is 0 Å². The largest absolute Gasteiger partial charge is 0.372 e. The molecule has 2 amide bonds. The highest BCUT2D eigenvalue weighted by atomic mass is 16.2. The molecule has 1 unspecified atom stereocenters. The van der Waals surface area contributed by atoms with Crippen LogP contribution in [0.25, 0.3) is 0 Å². The molecule has 1 aliphatic rings. The van der Waals surface area contributed by atoms with Crippen LogP contribution < -0.4 is 16.0 Å². The summed E-state index contributed by atoms with van der Waals surface area (Å²) in [4.78, 5) is 23.7. The first-order valence-corrected chi connectivity index (χ1v) is 6.96. The van der Waals surface area contributed by atoms with E-state index >= 15 is 0 Å². The summed E-state index contributed by atoms with van der Waals surface area (Å²) in [6, 6.07) is 3.44. The molecule has 0 radical (unpaired) electrons. The van der Waals surface area contributed by atoms with Gasteiger partial charge in [0.05, 0.1) is 17.8 Å². The molecule has 2 rings (SSSR count). The molecule has 108 valence electrons. The molecule has 3 N–H and O–H groups in total. The van der Waals surface area contributed by atoms with Gasteiger partial charge in [0.15, 0.2) is 0 Å². The zero-order valence-electron chi connectivity index (χ0n) is 12.2. The fourth-order valence-corrected chi connectivity index (χ4v) is 2.18. The first-order valence-electron chi connectivity index (χ1n) is 6.96. The Bertz CT molecular complexity index is 540. The zero-order chi connectivity index (χ0) is 14.7. The normalized spacial score (nSPS) is 16.9. The Kier molecular flexibility index (Phi) is 4.27. The summed E-state index contributed by atoms with van der Waals surface area (Å²) < 4.78 is 0. The molecule has 0 saturated carbocycles. The van der Waals surface area contributed by atoms with E-state index in [0.29, 0.717) is 6.54 Å². The van der Waals surface area contributed by atoms with Crippen molar-refractivity contribution in [2.24, 2.45) is 0 Å². The summed E-state index contributed by atoms with van der Waals surface area (Å²) in [6.45, 7) is 6.66. The van der Waals surface area contributed by atoms with Gasteiger partial charge in [-0.1, -0.05) is 6.92 Å². The molecule has 1 atom stereocenters. The van der Waals surface area contributed by atoms with Crippen LogP contribution in [0.5, 0.6) is 0 Å². The van der Waals surface area contributed by atoms with Crippen molar-refractivity contribution in [1.82, 2.24) is 5.32 Å². The molecule has 0 bridgehead atoms. The zero-order valence-corrected chi connectivity index (χ0v) is 12.2. The van der Waals surface area contributed by atoms with Crippen LogP contribution in [0.15, 0.2) is 12.1 Å². The van der Waals surface area contributed by atoms with Gasteiger partial charge in [-0.05, 0) is 43.5 Å². The Balaban J connectivity index is 2.09. The van der Waals surface area contributed by atoms with Crippen molar-refractivity contribution < 1.29 is 9.59 Å². The van der Waals surface area contributed by atoms with E-state index in [0.717, 1.165) is 28.9 Å². The van der Waals surface area contributed by atoms with E-state index in [1.54, 1.807) is 0 Å². The first-order chi connectivity index (χ1) is 9.51. The first kappa shape index (κ1) is 14.4. The molecule has 5 heteroatoms. The van der Waals surface area contributed by atoms with Crippen LogP contribution in [-0.4, -0.2) is 24.4 Å². The Hall–Kier alpha value is -2.04. The quantitative estimate of drug-likeness (QED) is 0.786. The number of fused-ring (bicyclic) bond motifs is 1. The van der Waals surface area contributed by atoms with Gasteiger partial charge in [0.1, 0.15) is 6.04 Å². The fourth-order valence-electron chi connectivity index (χ4n) is 2.18. The topological polar surface area (TPSA) is 70.2 Å². The van der Waals surface area contributed by atoms with Crippen LogP contribution in [0.1, 0.15) is 30.9 Å². The molecule has 0 spiro atoms. The third kappa shape index (κ3) is 3.10. The molecule has 1 aromatic rings. The summed E-state index contributed by atoms with van der Waals surface area (Å²) in [5, 5.41) is 8.79. The molecule has 0 fully saturated rings. The van der Waals surface area contributed by atoms with Crippen LogP contribution in [0.3, 0.4) is 0 Å². The number of carbonyl (C=O) groups is 2. The predicted octanol–water partition coefficient (Wildman–Crippen LogP) is 1.95. The second kappa shape index (κ2) is 5.94. The summed E-state index contributed by atoms with van der Waals surface area (Å²) in [6.07, 6.45) is 1.04. The molecule has 20 heavy (non-hydrogen) atoms. The van der Waals surface area contributed by atoms with Crippen molar-refractivity contribution >= 4 is 23.2 Å². The molecule has 0 aliphatic carbocycles. The minimum absolute atomic E-state index is 0.105. The molecule has 0 saturated heterocycles. The predicted molar refractivity (Wildman–Crippen MR) is 79.9 cm³/mol. The van der Waals surface area contributed by atoms with Crippen LogP contribution in [0.4, 0.5) is 11.4 Å². The highest BCUT2D eigenvalue weighted by molar-refractivity contribution is 6.05. The average Bonchev–Trinajstić information content (AvgIpc) is 2.40. The van der Waals surface area contributed by atoms with Gasteiger partial charge in [-0.3, -0.25) is 9.59 Å². The number of anilines is 2. The van der Waals surface area contributed by atoms with Crippen LogP contribution in [0.2, 0.25) is 0 Å². The molecule has 0 aromatic heterocycles. The van der Waals surface area contributed by atoms with Crippen molar-refractivity contribution in [1.29, 1.82) is 0 Å². The summed E-state index contributed by atoms with van der Waals surface area (Å²) in [7, 11) is 0. The Morgan fingerprint density at radius 2 is 1.90 bits per heavy atom. The SMILES string of the molecule is CCCNC(=O)CC1Nc2cc(C)c(C)cc2NC1=O. The molecule has 5 nitrogen and oxygen atoms in total. The van der Waals surface area contributed by atoms with E-state index in [-0.39, 0.29) is 18.2 Å². The van der Waals surface area contributed by atoms with Gasteiger partial charge >= 0.3 is 0 Å². The van der Waals surface area contributed by atoms with E-state index < -0.39 is 6.04 Å². The maximum Gasteiger partial charge on any atom is 0.247 e. The number of amides is 2. The maximum absolute atomic E-state index is 12.0. The molecule has 1 heterocycles. The van der Waals surface area contributed by atoms with Gasteiger partial charge in [0, 0.05) is 6.54 Å². The third-order valence-corrected chi connectivity index (χ3v) is 3.50. The van der Waals surface area contributed by atoms with Gasteiger partial charge in [-0.15, -0.1) is 0 Å². The summed E-state index contributed by atoms with van der Waals surface area (Å²) in [5.74, 6) is -0.265. The molecule has 1 aliphatic heterocycles. The lowest BCUT2D eigenvalue weighted by molar-refractivity contribution is -0.125. The van der Waals surface area contributed by atoms with Gasteiger partial charge < -0.3 is 16.0 Å². The Morgan fingerprint density at radius 3 is 2.55 bits per heavy atom. The second-order valence-electron chi connectivity index (χ2n) is 5.22. The van der Waals surface area contributed by atoms with Gasteiger partial charge in [-0.25, -0.2) is 0 Å². The van der Waals surface area contributed by atoms with Crippen LogP contribution in [0, 0.1) is 13.8 Å². The lowest BCUT2D eigenvalue weighted by atomic mass is 10.0. The smallest absolute Gasteiger partial charge is 0.247 e. The molecular weight excluding hydrogens is 254 g/mol. The molecular formula is C15H21N3O2. The number of nitrogens with one attached hydrogen (secondary N) is 3. The van der Waals surface area contributed by atoms with Crippen molar-refractivity contribution in [2.45, 2.75) is 39.7 Å². The van der Waals surface area contributed by atoms with E-state index in [2.05, 4.69) is 16.0 Å². The number of hydrogen-bond donors (Lipinski definition) is 3. The van der Waals surface area contributed by atoms with Crippen molar-refractivity contribution in [3.63, 3.8) is 0 Å². The van der Waals surface area contributed by atoms with Gasteiger partial charge in [0.25, 0.3) is 0 Å². The van der Waals surface area contributed by atoms with E-state index in [1.807, 2.05) is 32.9 Å². The number of benzene rings is 1. The van der Waals surface area contributed by atoms with Crippen molar-refractivity contribution in [3.05, 3.63) is 23.3 Å². The Labute approximate surface area is 119 Å². The number of carbonyl (C=O) groups excluding carboxylic acids is 2. The van der Waals surface area contributed by atoms with E-state index in [4.69, 9.17) is 0 Å². The third-order valence-electron chi connectivity index (χ3n) is 3.50. The lowest BCUT2D eigenvalue weighted by Crippen LogP contribution is -2.42. The highest BCUT2D eigenvalue weighted by Gasteiger charge is 2.27. The summed E-state index contributed by atoms with van der Waals surface area (Å²) >= 11 is 0. The fraction of sp³-hybridized carbons (Fsp3) is 0.467. The van der Waals surface area contributed by atoms with Crippen LogP contribution >= 0.6 is 0 Å².